The summed E-state index contributed by atoms with van der Waals surface area (Å²) >= 11 is 0. The quantitative estimate of drug-likeness (QED) is 0.458. The van der Waals surface area contributed by atoms with Gasteiger partial charge in [-0.05, 0) is 57.2 Å². The highest BCUT2D eigenvalue weighted by atomic mass is 16.5. The molecule has 0 spiro atoms. The summed E-state index contributed by atoms with van der Waals surface area (Å²) in [6, 6.07) is 10.6. The second-order valence-corrected chi connectivity index (χ2v) is 8.31. The minimum Gasteiger partial charge on any atom is -0.490 e. The number of hydrogen-bond acceptors (Lipinski definition) is 7. The summed E-state index contributed by atoms with van der Waals surface area (Å²) in [7, 11) is 0. The standard InChI is InChI=1S/C25H31N3O5/c1-7-30-19-14-17(15-20(31-8-2)21(19)32-9-3)23(29)26-18-12-10-16(11-13-18)22-27-24(33-28-22)25(4,5)6/h10-15H,7-9H2,1-6H3,(H,26,29). The zero-order valence-electron chi connectivity index (χ0n) is 20.0. The van der Waals surface area contributed by atoms with Crippen LogP contribution in [0.5, 0.6) is 17.2 Å². The van der Waals surface area contributed by atoms with E-state index in [1.165, 1.54) is 0 Å². The summed E-state index contributed by atoms with van der Waals surface area (Å²) in [5, 5.41) is 6.96. The van der Waals surface area contributed by atoms with Crippen LogP contribution >= 0.6 is 0 Å². The van der Waals surface area contributed by atoms with Gasteiger partial charge in [0.25, 0.3) is 5.91 Å². The lowest BCUT2D eigenvalue weighted by Crippen LogP contribution is -2.13. The molecule has 0 saturated carbocycles. The topological polar surface area (TPSA) is 95.7 Å². The number of nitrogens with zero attached hydrogens (tertiary/aromatic N) is 2. The van der Waals surface area contributed by atoms with Crippen molar-refractivity contribution in [3.63, 3.8) is 0 Å². The van der Waals surface area contributed by atoms with Crippen molar-refractivity contribution in [1.29, 1.82) is 0 Å². The second-order valence-electron chi connectivity index (χ2n) is 8.31. The number of ether oxygens (including phenoxy) is 3. The van der Waals surface area contributed by atoms with E-state index in [0.29, 0.717) is 60.0 Å². The molecule has 3 rings (SSSR count). The predicted molar refractivity (Wildman–Crippen MR) is 126 cm³/mol. The Morgan fingerprint density at radius 3 is 2.00 bits per heavy atom. The molecule has 0 bridgehead atoms. The van der Waals surface area contributed by atoms with Crippen molar-refractivity contribution in [3.8, 4) is 28.6 Å². The number of rotatable bonds is 9. The van der Waals surface area contributed by atoms with Crippen LogP contribution in [0, 0.1) is 0 Å². The van der Waals surface area contributed by atoms with E-state index in [1.807, 2.05) is 53.7 Å². The van der Waals surface area contributed by atoms with Gasteiger partial charge in [0.1, 0.15) is 0 Å². The molecule has 0 radical (unpaired) electrons. The molecule has 0 fully saturated rings. The third kappa shape index (κ3) is 5.83. The maximum Gasteiger partial charge on any atom is 0.255 e. The Hall–Kier alpha value is -3.55. The van der Waals surface area contributed by atoms with Gasteiger partial charge in [0.15, 0.2) is 11.5 Å². The highest BCUT2D eigenvalue weighted by Gasteiger charge is 2.22. The largest absolute Gasteiger partial charge is 0.490 e. The molecule has 0 aliphatic carbocycles. The van der Waals surface area contributed by atoms with Crippen LogP contribution in [0.4, 0.5) is 5.69 Å². The van der Waals surface area contributed by atoms with E-state index in [0.717, 1.165) is 5.56 Å². The first-order valence-corrected chi connectivity index (χ1v) is 11.1. The van der Waals surface area contributed by atoms with Crippen molar-refractivity contribution < 1.29 is 23.5 Å². The van der Waals surface area contributed by atoms with Crippen molar-refractivity contribution in [2.45, 2.75) is 47.0 Å². The molecule has 0 aliphatic rings. The van der Waals surface area contributed by atoms with Crippen LogP contribution in [-0.4, -0.2) is 35.9 Å². The van der Waals surface area contributed by atoms with Crippen LogP contribution in [0.3, 0.4) is 0 Å². The van der Waals surface area contributed by atoms with E-state index in [4.69, 9.17) is 18.7 Å². The number of nitrogens with one attached hydrogen (secondary N) is 1. The van der Waals surface area contributed by atoms with Crippen LogP contribution in [-0.2, 0) is 5.41 Å². The van der Waals surface area contributed by atoms with Gasteiger partial charge in [-0.15, -0.1) is 0 Å². The van der Waals surface area contributed by atoms with Gasteiger partial charge >= 0.3 is 0 Å². The first kappa shape index (κ1) is 24.1. The van der Waals surface area contributed by atoms with Gasteiger partial charge in [-0.1, -0.05) is 25.9 Å². The summed E-state index contributed by atoms with van der Waals surface area (Å²) in [6.45, 7) is 13.0. The zero-order valence-corrected chi connectivity index (χ0v) is 20.0. The molecule has 1 N–H and O–H groups in total. The highest BCUT2D eigenvalue weighted by Crippen LogP contribution is 2.39. The molecule has 0 unspecified atom stereocenters. The normalized spacial score (nSPS) is 11.2. The number of anilines is 1. The zero-order chi connectivity index (χ0) is 24.0. The molecule has 0 aliphatic heterocycles. The van der Waals surface area contributed by atoms with Gasteiger partial charge in [-0.2, -0.15) is 4.98 Å². The molecule has 0 saturated heterocycles. The minimum absolute atomic E-state index is 0.225. The van der Waals surface area contributed by atoms with Gasteiger partial charge in [0, 0.05) is 22.2 Å². The minimum atomic E-state index is -0.290. The molecule has 33 heavy (non-hydrogen) atoms. The lowest BCUT2D eigenvalue weighted by atomic mass is 9.97. The number of amides is 1. The van der Waals surface area contributed by atoms with Crippen molar-refractivity contribution >= 4 is 11.6 Å². The van der Waals surface area contributed by atoms with Gasteiger partial charge in [-0.3, -0.25) is 4.79 Å². The fourth-order valence-electron chi connectivity index (χ4n) is 3.07. The Balaban J connectivity index is 1.81. The number of aromatic nitrogens is 2. The SMILES string of the molecule is CCOc1cc(C(=O)Nc2ccc(-c3noc(C(C)(C)C)n3)cc2)cc(OCC)c1OCC. The van der Waals surface area contributed by atoms with Crippen molar-refractivity contribution in [1.82, 2.24) is 10.1 Å². The average molecular weight is 454 g/mol. The Kier molecular flexibility index (Phi) is 7.58. The first-order chi connectivity index (χ1) is 15.8. The van der Waals surface area contributed by atoms with E-state index in [-0.39, 0.29) is 11.3 Å². The third-order valence-corrected chi connectivity index (χ3v) is 4.64. The number of carbonyl (C=O) groups excluding carboxylic acids is 1. The molecule has 2 aromatic carbocycles. The molecule has 3 aromatic rings. The Labute approximate surface area is 194 Å². The van der Waals surface area contributed by atoms with Crippen molar-refractivity contribution in [2.24, 2.45) is 0 Å². The predicted octanol–water partition coefficient (Wildman–Crippen LogP) is 5.48. The van der Waals surface area contributed by atoms with Crippen LogP contribution in [0.2, 0.25) is 0 Å². The van der Waals surface area contributed by atoms with E-state index in [9.17, 15) is 4.79 Å². The number of carbonyl (C=O) groups is 1. The molecule has 1 aromatic heterocycles. The summed E-state index contributed by atoms with van der Waals surface area (Å²) < 4.78 is 22.5. The number of benzene rings is 2. The highest BCUT2D eigenvalue weighted by molar-refractivity contribution is 6.05. The lowest BCUT2D eigenvalue weighted by molar-refractivity contribution is 0.102. The van der Waals surface area contributed by atoms with Crippen LogP contribution in [0.15, 0.2) is 40.9 Å². The molecular weight excluding hydrogens is 422 g/mol. The molecule has 1 heterocycles. The van der Waals surface area contributed by atoms with Gasteiger partial charge in [0.05, 0.1) is 19.8 Å². The lowest BCUT2D eigenvalue weighted by Gasteiger charge is -2.17. The van der Waals surface area contributed by atoms with Crippen molar-refractivity contribution in [2.75, 3.05) is 25.1 Å². The van der Waals surface area contributed by atoms with Gasteiger partial charge in [-0.25, -0.2) is 0 Å². The van der Waals surface area contributed by atoms with Gasteiger partial charge in [0.2, 0.25) is 17.5 Å². The summed E-state index contributed by atoms with van der Waals surface area (Å²) in [6.07, 6.45) is 0. The molecule has 8 heteroatoms. The second kappa shape index (κ2) is 10.4. The van der Waals surface area contributed by atoms with Crippen LogP contribution < -0.4 is 19.5 Å². The monoisotopic (exact) mass is 453 g/mol. The fraction of sp³-hybridized carbons (Fsp3) is 0.400. The van der Waals surface area contributed by atoms with Gasteiger partial charge < -0.3 is 24.1 Å². The summed E-state index contributed by atoms with van der Waals surface area (Å²) in [5.74, 6) is 2.22. The van der Waals surface area contributed by atoms with E-state index < -0.39 is 0 Å². The number of hydrogen-bond donors (Lipinski definition) is 1. The maximum atomic E-state index is 13.0. The first-order valence-electron chi connectivity index (χ1n) is 11.1. The smallest absolute Gasteiger partial charge is 0.255 e. The summed E-state index contributed by atoms with van der Waals surface area (Å²) in [4.78, 5) is 17.4. The van der Waals surface area contributed by atoms with E-state index in [1.54, 1.807) is 24.3 Å². The molecule has 8 nitrogen and oxygen atoms in total. The van der Waals surface area contributed by atoms with E-state index in [2.05, 4.69) is 15.5 Å². The Morgan fingerprint density at radius 1 is 0.939 bits per heavy atom. The maximum absolute atomic E-state index is 13.0. The molecule has 1 amide bonds. The molecule has 0 atom stereocenters. The Morgan fingerprint density at radius 2 is 1.52 bits per heavy atom. The molecule has 176 valence electrons. The van der Waals surface area contributed by atoms with E-state index >= 15 is 0 Å². The van der Waals surface area contributed by atoms with Crippen LogP contribution in [0.1, 0.15) is 57.8 Å². The summed E-state index contributed by atoms with van der Waals surface area (Å²) in [5.41, 5.74) is 1.61. The van der Waals surface area contributed by atoms with Crippen LogP contribution in [0.25, 0.3) is 11.4 Å². The average Bonchev–Trinajstić information content (AvgIpc) is 3.27. The third-order valence-electron chi connectivity index (χ3n) is 4.64. The molecular formula is C25H31N3O5. The fourth-order valence-corrected chi connectivity index (χ4v) is 3.07. The van der Waals surface area contributed by atoms with Crippen molar-refractivity contribution in [3.05, 3.63) is 47.9 Å². The Bertz CT molecular complexity index is 1060.